The van der Waals surface area contributed by atoms with Crippen LogP contribution in [0.25, 0.3) is 0 Å². The fraction of sp³-hybridized carbons (Fsp3) is 0.611. The van der Waals surface area contributed by atoms with Gasteiger partial charge in [-0.2, -0.15) is 0 Å². The lowest BCUT2D eigenvalue weighted by Crippen LogP contribution is -2.51. The summed E-state index contributed by atoms with van der Waals surface area (Å²) >= 11 is 0. The van der Waals surface area contributed by atoms with E-state index in [0.29, 0.717) is 56.6 Å². The first kappa shape index (κ1) is 20.1. The second-order valence-electron chi connectivity index (χ2n) is 5.94. The van der Waals surface area contributed by atoms with Crippen LogP contribution in [0.4, 0.5) is 4.79 Å². The molecule has 0 saturated carbocycles. The summed E-state index contributed by atoms with van der Waals surface area (Å²) in [7, 11) is 3.11. The fourth-order valence-electron chi connectivity index (χ4n) is 2.82. The standard InChI is InChI=1S/C18H28N2O6/c1-4-25-18(22)20-10-8-19(9-11-20)12-14(21)13-26-17-15(23-2)6-5-7-16(17)24-3/h5-7,14,21H,4,8-13H2,1-3H3/t14-/m1/s1. The summed E-state index contributed by atoms with van der Waals surface area (Å²) in [6.45, 7) is 5.31. The maximum atomic E-state index is 11.7. The van der Waals surface area contributed by atoms with Crippen LogP contribution in [0.3, 0.4) is 0 Å². The molecule has 1 aromatic carbocycles. The molecule has 0 aliphatic carbocycles. The number of para-hydroxylation sites is 1. The normalized spacial score (nSPS) is 16.1. The van der Waals surface area contributed by atoms with Crippen LogP contribution >= 0.6 is 0 Å². The third kappa shape index (κ3) is 5.40. The number of piperazine rings is 1. The number of β-amino-alcohol motifs (C(OH)–C–C–N with tert-alkyl or cyclic N) is 1. The number of nitrogens with zero attached hydrogens (tertiary/aromatic N) is 2. The molecule has 0 aromatic heterocycles. The highest BCUT2D eigenvalue weighted by Gasteiger charge is 2.23. The molecule has 1 N–H and O–H groups in total. The topological polar surface area (TPSA) is 80.7 Å². The summed E-state index contributed by atoms with van der Waals surface area (Å²) in [6, 6.07) is 5.36. The second-order valence-corrected chi connectivity index (χ2v) is 5.94. The Bertz CT molecular complexity index is 553. The van der Waals surface area contributed by atoms with Gasteiger partial charge in [0, 0.05) is 32.7 Å². The largest absolute Gasteiger partial charge is 0.493 e. The van der Waals surface area contributed by atoms with Crippen LogP contribution in [0.5, 0.6) is 17.2 Å². The van der Waals surface area contributed by atoms with E-state index in [4.69, 9.17) is 18.9 Å². The van der Waals surface area contributed by atoms with Gasteiger partial charge in [-0.3, -0.25) is 4.90 Å². The molecule has 0 radical (unpaired) electrons. The van der Waals surface area contributed by atoms with Crippen molar-refractivity contribution in [3.63, 3.8) is 0 Å². The van der Waals surface area contributed by atoms with E-state index in [1.807, 2.05) is 6.07 Å². The SMILES string of the molecule is CCOC(=O)N1CCN(C[C@@H](O)COc2c(OC)cccc2OC)CC1. The molecule has 2 rings (SSSR count). The zero-order chi connectivity index (χ0) is 18.9. The monoisotopic (exact) mass is 368 g/mol. The molecule has 1 aromatic rings. The average molecular weight is 368 g/mol. The third-order valence-corrected chi connectivity index (χ3v) is 4.17. The number of ether oxygens (including phenoxy) is 4. The highest BCUT2D eigenvalue weighted by Crippen LogP contribution is 2.36. The molecule has 26 heavy (non-hydrogen) atoms. The van der Waals surface area contributed by atoms with Crippen molar-refractivity contribution >= 4 is 6.09 Å². The molecule has 146 valence electrons. The molecule has 0 unspecified atom stereocenters. The van der Waals surface area contributed by atoms with Gasteiger partial charge in [0.1, 0.15) is 12.7 Å². The lowest BCUT2D eigenvalue weighted by molar-refractivity contribution is 0.0398. The quantitative estimate of drug-likeness (QED) is 0.739. The molecule has 8 heteroatoms. The van der Waals surface area contributed by atoms with Crippen molar-refractivity contribution in [2.24, 2.45) is 0 Å². The van der Waals surface area contributed by atoms with Gasteiger partial charge in [-0.1, -0.05) is 6.07 Å². The minimum Gasteiger partial charge on any atom is -0.493 e. The molecule has 1 fully saturated rings. The van der Waals surface area contributed by atoms with Crippen LogP contribution in [-0.2, 0) is 4.74 Å². The number of methoxy groups -OCH3 is 2. The van der Waals surface area contributed by atoms with Crippen molar-refractivity contribution in [3.8, 4) is 17.2 Å². The zero-order valence-electron chi connectivity index (χ0n) is 15.6. The molecule has 8 nitrogen and oxygen atoms in total. The van der Waals surface area contributed by atoms with E-state index >= 15 is 0 Å². The number of carbonyl (C=O) groups is 1. The fourth-order valence-corrected chi connectivity index (χ4v) is 2.82. The molecule has 0 bridgehead atoms. The van der Waals surface area contributed by atoms with Gasteiger partial charge in [-0.05, 0) is 19.1 Å². The Hall–Kier alpha value is -2.19. The number of carbonyl (C=O) groups excluding carboxylic acids is 1. The van der Waals surface area contributed by atoms with Crippen molar-refractivity contribution in [2.45, 2.75) is 13.0 Å². The zero-order valence-corrected chi connectivity index (χ0v) is 15.6. The lowest BCUT2D eigenvalue weighted by atomic mass is 10.2. The Labute approximate surface area is 154 Å². The van der Waals surface area contributed by atoms with Gasteiger partial charge in [0.25, 0.3) is 0 Å². The van der Waals surface area contributed by atoms with E-state index in [1.54, 1.807) is 38.2 Å². The van der Waals surface area contributed by atoms with Gasteiger partial charge in [-0.25, -0.2) is 4.79 Å². The summed E-state index contributed by atoms with van der Waals surface area (Å²) in [4.78, 5) is 15.5. The minimum absolute atomic E-state index is 0.120. The number of hydrogen-bond donors (Lipinski definition) is 1. The van der Waals surface area contributed by atoms with Crippen LogP contribution < -0.4 is 14.2 Å². The average Bonchev–Trinajstić information content (AvgIpc) is 2.66. The minimum atomic E-state index is -0.668. The number of aliphatic hydroxyl groups excluding tert-OH is 1. The summed E-state index contributed by atoms with van der Waals surface area (Å²) in [5.74, 6) is 1.59. The Morgan fingerprint density at radius 3 is 2.31 bits per heavy atom. The van der Waals surface area contributed by atoms with Gasteiger partial charge in [0.05, 0.1) is 20.8 Å². The number of amides is 1. The maximum Gasteiger partial charge on any atom is 0.409 e. The smallest absolute Gasteiger partial charge is 0.409 e. The van der Waals surface area contributed by atoms with Gasteiger partial charge >= 0.3 is 6.09 Å². The molecule has 1 amide bonds. The van der Waals surface area contributed by atoms with Gasteiger partial charge < -0.3 is 29.0 Å². The second kappa shape index (κ2) is 10.1. The van der Waals surface area contributed by atoms with Gasteiger partial charge in [0.15, 0.2) is 11.5 Å². The number of rotatable bonds is 8. The van der Waals surface area contributed by atoms with Crippen LogP contribution in [0.2, 0.25) is 0 Å². The van der Waals surface area contributed by atoms with Crippen molar-refractivity contribution < 1.29 is 28.8 Å². The summed E-state index contributed by atoms with van der Waals surface area (Å²) < 4.78 is 21.3. The highest BCUT2D eigenvalue weighted by molar-refractivity contribution is 5.67. The van der Waals surface area contributed by atoms with Crippen molar-refractivity contribution in [1.29, 1.82) is 0 Å². The molecule has 1 heterocycles. The molecular formula is C18H28N2O6. The van der Waals surface area contributed by atoms with Crippen molar-refractivity contribution in [1.82, 2.24) is 9.80 Å². The Balaban J connectivity index is 1.80. The Morgan fingerprint density at radius 1 is 1.15 bits per heavy atom. The summed E-state index contributed by atoms with van der Waals surface area (Å²) in [5.41, 5.74) is 0. The van der Waals surface area contributed by atoms with E-state index in [-0.39, 0.29) is 12.7 Å². The van der Waals surface area contributed by atoms with Crippen LogP contribution in [0.1, 0.15) is 6.92 Å². The summed E-state index contributed by atoms with van der Waals surface area (Å²) in [6.07, 6.45) is -0.946. The first-order chi connectivity index (χ1) is 12.6. The molecule has 0 spiro atoms. The van der Waals surface area contributed by atoms with E-state index in [9.17, 15) is 9.90 Å². The first-order valence-corrected chi connectivity index (χ1v) is 8.75. The first-order valence-electron chi connectivity index (χ1n) is 8.75. The van der Waals surface area contributed by atoms with Crippen molar-refractivity contribution in [2.75, 3.05) is 60.2 Å². The summed E-state index contributed by atoms with van der Waals surface area (Å²) in [5, 5.41) is 10.3. The number of benzene rings is 1. The predicted octanol–water partition coefficient (Wildman–Crippen LogP) is 1.22. The molecule has 1 aliphatic heterocycles. The molecular weight excluding hydrogens is 340 g/mol. The lowest BCUT2D eigenvalue weighted by Gasteiger charge is -2.34. The number of hydrogen-bond acceptors (Lipinski definition) is 7. The van der Waals surface area contributed by atoms with Gasteiger partial charge in [-0.15, -0.1) is 0 Å². The van der Waals surface area contributed by atoms with Crippen LogP contribution in [0, 0.1) is 0 Å². The highest BCUT2D eigenvalue weighted by atomic mass is 16.6. The molecule has 1 atom stereocenters. The van der Waals surface area contributed by atoms with E-state index in [2.05, 4.69) is 4.90 Å². The Morgan fingerprint density at radius 2 is 1.77 bits per heavy atom. The van der Waals surface area contributed by atoms with E-state index < -0.39 is 6.10 Å². The van der Waals surface area contributed by atoms with Crippen LogP contribution in [0.15, 0.2) is 18.2 Å². The van der Waals surface area contributed by atoms with Crippen LogP contribution in [-0.4, -0.2) is 87.3 Å². The maximum absolute atomic E-state index is 11.7. The molecule has 1 aliphatic rings. The molecule has 1 saturated heterocycles. The predicted molar refractivity (Wildman–Crippen MR) is 96.1 cm³/mol. The van der Waals surface area contributed by atoms with E-state index in [1.165, 1.54) is 0 Å². The third-order valence-electron chi connectivity index (χ3n) is 4.17. The van der Waals surface area contributed by atoms with E-state index in [0.717, 1.165) is 0 Å². The van der Waals surface area contributed by atoms with Gasteiger partial charge in [0.2, 0.25) is 5.75 Å². The van der Waals surface area contributed by atoms with Crippen molar-refractivity contribution in [3.05, 3.63) is 18.2 Å². The number of aliphatic hydroxyl groups is 1. The Kier molecular flexibility index (Phi) is 7.80.